The van der Waals surface area contributed by atoms with Gasteiger partial charge in [0.05, 0.1) is 12.4 Å². The molecule has 0 heterocycles. The van der Waals surface area contributed by atoms with Crippen LogP contribution in [-0.2, 0) is 15.8 Å². The van der Waals surface area contributed by atoms with Crippen molar-refractivity contribution in [1.29, 1.82) is 0 Å². The topological polar surface area (TPSA) is 66.4 Å². The number of nitrogens with one attached hydrogen (secondary N) is 1. The number of hydrogen-bond acceptors (Lipinski definition) is 4. The summed E-state index contributed by atoms with van der Waals surface area (Å²) < 4.78 is 26.5. The van der Waals surface area contributed by atoms with Gasteiger partial charge in [0.1, 0.15) is 0 Å². The number of hydrogen-bond donors (Lipinski definition) is 2. The van der Waals surface area contributed by atoms with Crippen molar-refractivity contribution < 1.29 is 13.5 Å². The first-order valence-electron chi connectivity index (χ1n) is 5.66. The van der Waals surface area contributed by atoms with Crippen molar-refractivity contribution in [2.75, 3.05) is 12.9 Å². The van der Waals surface area contributed by atoms with E-state index in [1.165, 1.54) is 11.8 Å². The molecular formula is C12H19NO3S2. The summed E-state index contributed by atoms with van der Waals surface area (Å²) in [5.74, 6) is -0.0370. The third-order valence-electron chi connectivity index (χ3n) is 2.61. The summed E-state index contributed by atoms with van der Waals surface area (Å²) >= 11 is 1.45. The molecule has 18 heavy (non-hydrogen) atoms. The van der Waals surface area contributed by atoms with Gasteiger partial charge in [-0.05, 0) is 18.7 Å². The highest BCUT2D eigenvalue weighted by molar-refractivity contribution is 7.99. The molecule has 4 nitrogen and oxygen atoms in total. The smallest absolute Gasteiger partial charge is 0.216 e. The molecule has 0 aliphatic rings. The maximum absolute atomic E-state index is 11.9. The number of rotatable bonds is 7. The molecule has 0 saturated heterocycles. The van der Waals surface area contributed by atoms with E-state index in [9.17, 15) is 8.42 Å². The van der Waals surface area contributed by atoms with E-state index in [-0.39, 0.29) is 23.7 Å². The molecule has 0 amide bonds. The first-order chi connectivity index (χ1) is 8.48. The highest BCUT2D eigenvalue weighted by Gasteiger charge is 2.21. The second-order valence-electron chi connectivity index (χ2n) is 4.11. The van der Waals surface area contributed by atoms with Crippen molar-refractivity contribution in [3.05, 3.63) is 35.9 Å². The Labute approximate surface area is 113 Å². The minimum atomic E-state index is -3.37. The van der Waals surface area contributed by atoms with E-state index in [1.807, 2.05) is 24.5 Å². The summed E-state index contributed by atoms with van der Waals surface area (Å²) in [7, 11) is -3.37. The monoisotopic (exact) mass is 289 g/mol. The zero-order valence-corrected chi connectivity index (χ0v) is 12.2. The summed E-state index contributed by atoms with van der Waals surface area (Å²) in [4.78, 5) is 0. The van der Waals surface area contributed by atoms with Crippen molar-refractivity contribution in [1.82, 2.24) is 4.72 Å². The number of benzene rings is 1. The van der Waals surface area contributed by atoms with Crippen LogP contribution in [0.5, 0.6) is 0 Å². The minimum Gasteiger partial charge on any atom is -0.395 e. The predicted octanol–water partition coefficient (Wildman–Crippen LogP) is 1.22. The third kappa shape index (κ3) is 4.97. The number of aliphatic hydroxyl groups is 1. The maximum atomic E-state index is 11.9. The van der Waals surface area contributed by atoms with Crippen molar-refractivity contribution in [2.45, 2.75) is 24.0 Å². The van der Waals surface area contributed by atoms with E-state index < -0.39 is 10.0 Å². The Kier molecular flexibility index (Phi) is 6.14. The van der Waals surface area contributed by atoms with Crippen molar-refractivity contribution in [3.8, 4) is 0 Å². The number of thioether (sulfide) groups is 1. The average Bonchev–Trinajstić information content (AvgIpc) is 2.30. The quantitative estimate of drug-likeness (QED) is 0.792. The summed E-state index contributed by atoms with van der Waals surface area (Å²) in [6.07, 6.45) is 1.85. The van der Waals surface area contributed by atoms with Crippen LogP contribution in [0, 0.1) is 0 Å². The van der Waals surface area contributed by atoms with E-state index in [2.05, 4.69) is 4.72 Å². The Morgan fingerprint density at radius 1 is 1.33 bits per heavy atom. The van der Waals surface area contributed by atoms with Crippen LogP contribution >= 0.6 is 11.8 Å². The molecule has 1 aromatic rings. The van der Waals surface area contributed by atoms with Crippen LogP contribution in [0.4, 0.5) is 0 Å². The van der Waals surface area contributed by atoms with E-state index in [4.69, 9.17) is 5.11 Å². The Bertz CT molecular complexity index is 444. The second kappa shape index (κ2) is 7.13. The van der Waals surface area contributed by atoms with Crippen molar-refractivity contribution in [2.24, 2.45) is 0 Å². The lowest BCUT2D eigenvalue weighted by molar-refractivity contribution is 0.282. The van der Waals surface area contributed by atoms with Gasteiger partial charge in [-0.15, -0.1) is 0 Å². The molecule has 1 rings (SSSR count). The Hall–Kier alpha value is -0.560. The fourth-order valence-electron chi connectivity index (χ4n) is 1.63. The SMILES string of the molecule is CSC(CO)C(C)NS(=O)(=O)Cc1ccccc1. The molecular weight excluding hydrogens is 270 g/mol. The van der Waals surface area contributed by atoms with Gasteiger partial charge in [-0.2, -0.15) is 11.8 Å². The van der Waals surface area contributed by atoms with Crippen LogP contribution in [0.1, 0.15) is 12.5 Å². The van der Waals surface area contributed by atoms with Gasteiger partial charge in [-0.1, -0.05) is 30.3 Å². The van der Waals surface area contributed by atoms with Gasteiger partial charge in [0.25, 0.3) is 0 Å². The van der Waals surface area contributed by atoms with Gasteiger partial charge < -0.3 is 5.11 Å². The highest BCUT2D eigenvalue weighted by Crippen LogP contribution is 2.12. The Balaban J connectivity index is 2.65. The number of aliphatic hydroxyl groups excluding tert-OH is 1. The fourth-order valence-corrected chi connectivity index (χ4v) is 3.79. The number of sulfonamides is 1. The van der Waals surface area contributed by atoms with Crippen LogP contribution in [0.15, 0.2) is 30.3 Å². The molecule has 102 valence electrons. The molecule has 2 atom stereocenters. The van der Waals surface area contributed by atoms with Crippen LogP contribution in [0.3, 0.4) is 0 Å². The molecule has 0 aliphatic carbocycles. The second-order valence-corrected chi connectivity index (χ2v) is 6.94. The summed E-state index contributed by atoms with van der Waals surface area (Å²) in [6.45, 7) is 1.72. The van der Waals surface area contributed by atoms with Gasteiger partial charge in [0.15, 0.2) is 0 Å². The molecule has 0 saturated carbocycles. The van der Waals surface area contributed by atoms with Gasteiger partial charge in [0.2, 0.25) is 10.0 Å². The molecule has 0 fully saturated rings. The summed E-state index contributed by atoms with van der Waals surface area (Å²) in [5.41, 5.74) is 0.752. The average molecular weight is 289 g/mol. The van der Waals surface area contributed by atoms with E-state index in [0.717, 1.165) is 5.56 Å². The lowest BCUT2D eigenvalue weighted by Crippen LogP contribution is -2.41. The van der Waals surface area contributed by atoms with Gasteiger partial charge in [0, 0.05) is 11.3 Å². The van der Waals surface area contributed by atoms with Crippen molar-refractivity contribution in [3.63, 3.8) is 0 Å². The molecule has 0 spiro atoms. The maximum Gasteiger partial charge on any atom is 0.216 e. The minimum absolute atomic E-state index is 0.0370. The van der Waals surface area contributed by atoms with Crippen LogP contribution in [0.2, 0.25) is 0 Å². The first kappa shape index (κ1) is 15.5. The molecule has 2 unspecified atom stereocenters. The van der Waals surface area contributed by atoms with Crippen LogP contribution in [0.25, 0.3) is 0 Å². The summed E-state index contributed by atoms with van der Waals surface area (Å²) in [6, 6.07) is 8.74. The molecule has 0 bridgehead atoms. The molecule has 0 radical (unpaired) electrons. The largest absolute Gasteiger partial charge is 0.395 e. The molecule has 1 aromatic carbocycles. The standard InChI is InChI=1S/C12H19NO3S2/c1-10(12(8-14)17-2)13-18(15,16)9-11-6-4-3-5-7-11/h3-7,10,12-14H,8-9H2,1-2H3. The highest BCUT2D eigenvalue weighted by atomic mass is 32.2. The molecule has 2 N–H and O–H groups in total. The van der Waals surface area contributed by atoms with E-state index in [1.54, 1.807) is 19.1 Å². The lowest BCUT2D eigenvalue weighted by atomic mass is 10.2. The first-order valence-corrected chi connectivity index (χ1v) is 8.60. The third-order valence-corrected chi connectivity index (χ3v) is 5.21. The zero-order valence-electron chi connectivity index (χ0n) is 10.5. The lowest BCUT2D eigenvalue weighted by Gasteiger charge is -2.21. The van der Waals surface area contributed by atoms with Crippen molar-refractivity contribution >= 4 is 21.8 Å². The normalized spacial score (nSPS) is 15.3. The molecule has 6 heteroatoms. The molecule has 0 aliphatic heterocycles. The van der Waals surface area contributed by atoms with Crippen LogP contribution < -0.4 is 4.72 Å². The van der Waals surface area contributed by atoms with Crippen LogP contribution in [-0.4, -0.2) is 37.7 Å². The van der Waals surface area contributed by atoms with Gasteiger partial charge in [-0.25, -0.2) is 13.1 Å². The summed E-state index contributed by atoms with van der Waals surface area (Å²) in [5, 5.41) is 9.00. The Morgan fingerprint density at radius 2 is 1.94 bits per heavy atom. The van der Waals surface area contributed by atoms with Gasteiger partial charge >= 0.3 is 0 Å². The van der Waals surface area contributed by atoms with E-state index >= 15 is 0 Å². The predicted molar refractivity (Wildman–Crippen MR) is 76.1 cm³/mol. The van der Waals surface area contributed by atoms with E-state index in [0.29, 0.717) is 0 Å². The Morgan fingerprint density at radius 3 is 2.44 bits per heavy atom. The van der Waals surface area contributed by atoms with Gasteiger partial charge in [-0.3, -0.25) is 0 Å². The molecule has 0 aromatic heterocycles. The zero-order chi connectivity index (χ0) is 13.6. The fraction of sp³-hybridized carbons (Fsp3) is 0.500.